The molecule has 0 aliphatic heterocycles. The van der Waals surface area contributed by atoms with Crippen LogP contribution in [0.15, 0.2) is 30.3 Å². The maximum atomic E-state index is 6.17. The molecule has 114 valence electrons. The maximum Gasteiger partial charge on any atom is 0.184 e. The van der Waals surface area contributed by atoms with Crippen molar-refractivity contribution in [3.63, 3.8) is 0 Å². The standard InChI is InChI=1S/C15H28O3Si2/c1-19(2,3)17-13-15(18-20(4,5)6)12-16-14-10-8-7-9-11-14/h7-11,15H,12-13H2,1-6H3/t15-/m0/s1. The molecule has 0 saturated heterocycles. The van der Waals surface area contributed by atoms with Crippen LogP contribution in [0.5, 0.6) is 5.75 Å². The van der Waals surface area contributed by atoms with E-state index in [0.717, 1.165) is 5.75 Å². The van der Waals surface area contributed by atoms with Gasteiger partial charge in [0, 0.05) is 0 Å². The molecule has 0 saturated carbocycles. The van der Waals surface area contributed by atoms with E-state index in [1.54, 1.807) is 0 Å². The van der Waals surface area contributed by atoms with Crippen LogP contribution in [-0.2, 0) is 8.85 Å². The summed E-state index contributed by atoms with van der Waals surface area (Å²) in [5.41, 5.74) is 0. The molecular formula is C15H28O3Si2. The fourth-order valence-electron chi connectivity index (χ4n) is 1.66. The van der Waals surface area contributed by atoms with Crippen LogP contribution >= 0.6 is 0 Å². The van der Waals surface area contributed by atoms with Crippen LogP contribution in [0.4, 0.5) is 0 Å². The summed E-state index contributed by atoms with van der Waals surface area (Å²) < 4.78 is 18.0. The molecule has 1 aromatic rings. The van der Waals surface area contributed by atoms with Crippen molar-refractivity contribution in [2.75, 3.05) is 13.2 Å². The quantitative estimate of drug-likeness (QED) is 0.675. The maximum absolute atomic E-state index is 6.17. The van der Waals surface area contributed by atoms with Crippen molar-refractivity contribution < 1.29 is 13.6 Å². The molecule has 0 aliphatic rings. The Bertz CT molecular complexity index is 382. The number of hydrogen-bond acceptors (Lipinski definition) is 3. The van der Waals surface area contributed by atoms with Gasteiger partial charge in [0.15, 0.2) is 16.6 Å². The Hall–Kier alpha value is -0.626. The van der Waals surface area contributed by atoms with Crippen molar-refractivity contribution in [2.24, 2.45) is 0 Å². The number of ether oxygens (including phenoxy) is 1. The number of para-hydroxylation sites is 1. The SMILES string of the molecule is C[Si](C)(C)OC[C@H](COc1ccccc1)O[Si](C)(C)C. The first kappa shape index (κ1) is 17.4. The summed E-state index contributed by atoms with van der Waals surface area (Å²) in [6, 6.07) is 9.86. The second kappa shape index (κ2) is 7.40. The van der Waals surface area contributed by atoms with Crippen molar-refractivity contribution in [1.29, 1.82) is 0 Å². The Balaban J connectivity index is 2.53. The second-order valence-electron chi connectivity index (χ2n) is 6.90. The first-order valence-corrected chi connectivity index (χ1v) is 14.0. The summed E-state index contributed by atoms with van der Waals surface area (Å²) in [4.78, 5) is 0. The molecule has 1 atom stereocenters. The summed E-state index contributed by atoms with van der Waals surface area (Å²) in [7, 11) is -3.12. The highest BCUT2D eigenvalue weighted by Crippen LogP contribution is 2.14. The zero-order valence-corrected chi connectivity index (χ0v) is 15.6. The summed E-state index contributed by atoms with van der Waals surface area (Å²) in [5, 5.41) is 0. The monoisotopic (exact) mass is 312 g/mol. The van der Waals surface area contributed by atoms with Crippen LogP contribution in [0.3, 0.4) is 0 Å². The third-order valence-electron chi connectivity index (χ3n) is 2.40. The molecular weight excluding hydrogens is 284 g/mol. The van der Waals surface area contributed by atoms with E-state index in [1.165, 1.54) is 0 Å². The molecule has 5 heteroatoms. The van der Waals surface area contributed by atoms with Crippen LogP contribution in [0, 0.1) is 0 Å². The van der Waals surface area contributed by atoms with Gasteiger partial charge < -0.3 is 13.6 Å². The van der Waals surface area contributed by atoms with Crippen molar-refractivity contribution in [2.45, 2.75) is 45.4 Å². The number of hydrogen-bond donors (Lipinski definition) is 0. The molecule has 20 heavy (non-hydrogen) atoms. The summed E-state index contributed by atoms with van der Waals surface area (Å²) in [6.07, 6.45) is 0.00796. The minimum Gasteiger partial charge on any atom is -0.491 e. The predicted molar refractivity (Wildman–Crippen MR) is 89.5 cm³/mol. The Kier molecular flexibility index (Phi) is 6.45. The molecule has 1 rings (SSSR count). The molecule has 0 fully saturated rings. The lowest BCUT2D eigenvalue weighted by Crippen LogP contribution is -2.40. The predicted octanol–water partition coefficient (Wildman–Crippen LogP) is 4.14. The second-order valence-corrected chi connectivity index (χ2v) is 15.9. The van der Waals surface area contributed by atoms with Crippen LogP contribution in [0.2, 0.25) is 39.3 Å². The van der Waals surface area contributed by atoms with E-state index in [0.29, 0.717) is 13.2 Å². The van der Waals surface area contributed by atoms with Gasteiger partial charge in [-0.25, -0.2) is 0 Å². The fourth-order valence-corrected chi connectivity index (χ4v) is 3.49. The Morgan fingerprint density at radius 2 is 1.45 bits per heavy atom. The lowest BCUT2D eigenvalue weighted by Gasteiger charge is -2.29. The first-order chi connectivity index (χ1) is 9.16. The van der Waals surface area contributed by atoms with Crippen molar-refractivity contribution >= 4 is 16.6 Å². The molecule has 3 nitrogen and oxygen atoms in total. The van der Waals surface area contributed by atoms with E-state index in [4.69, 9.17) is 13.6 Å². The molecule has 0 spiro atoms. The molecule has 0 amide bonds. The zero-order valence-electron chi connectivity index (χ0n) is 13.6. The molecule has 0 aliphatic carbocycles. The lowest BCUT2D eigenvalue weighted by molar-refractivity contribution is 0.0732. The van der Waals surface area contributed by atoms with Gasteiger partial charge in [-0.05, 0) is 51.4 Å². The highest BCUT2D eigenvalue weighted by atomic mass is 28.4. The van der Waals surface area contributed by atoms with Crippen LogP contribution in [0.25, 0.3) is 0 Å². The normalized spacial score (nSPS) is 14.1. The van der Waals surface area contributed by atoms with E-state index < -0.39 is 16.6 Å². The van der Waals surface area contributed by atoms with Gasteiger partial charge in [0.2, 0.25) is 0 Å². The zero-order chi connectivity index (χ0) is 15.2. The highest BCUT2D eigenvalue weighted by molar-refractivity contribution is 6.70. The van der Waals surface area contributed by atoms with E-state index in [2.05, 4.69) is 39.3 Å². The van der Waals surface area contributed by atoms with Crippen molar-refractivity contribution in [1.82, 2.24) is 0 Å². The van der Waals surface area contributed by atoms with E-state index in [9.17, 15) is 0 Å². The van der Waals surface area contributed by atoms with Crippen molar-refractivity contribution in [3.8, 4) is 5.75 Å². The lowest BCUT2D eigenvalue weighted by atomic mass is 10.3. The highest BCUT2D eigenvalue weighted by Gasteiger charge is 2.24. The third-order valence-corrected chi connectivity index (χ3v) is 4.47. The Labute approximate surface area is 125 Å². The van der Waals surface area contributed by atoms with Crippen LogP contribution in [-0.4, -0.2) is 36.0 Å². The summed E-state index contributed by atoms with van der Waals surface area (Å²) >= 11 is 0. The van der Waals surface area contributed by atoms with Gasteiger partial charge in [-0.15, -0.1) is 0 Å². The minimum atomic E-state index is -1.60. The molecule has 0 unspecified atom stereocenters. The number of rotatable bonds is 8. The molecule has 1 aromatic carbocycles. The smallest absolute Gasteiger partial charge is 0.184 e. The van der Waals surface area contributed by atoms with Crippen LogP contribution < -0.4 is 4.74 Å². The Morgan fingerprint density at radius 3 is 1.95 bits per heavy atom. The summed E-state index contributed by atoms with van der Waals surface area (Å²) in [6.45, 7) is 14.3. The van der Waals surface area contributed by atoms with E-state index in [-0.39, 0.29) is 6.10 Å². The van der Waals surface area contributed by atoms with Gasteiger partial charge in [0.05, 0.1) is 6.61 Å². The number of benzene rings is 1. The topological polar surface area (TPSA) is 27.7 Å². The molecule has 0 heterocycles. The molecule has 0 N–H and O–H groups in total. The molecule has 0 aromatic heterocycles. The fraction of sp³-hybridized carbons (Fsp3) is 0.600. The first-order valence-electron chi connectivity index (χ1n) is 7.15. The van der Waals surface area contributed by atoms with Crippen LogP contribution in [0.1, 0.15) is 0 Å². The van der Waals surface area contributed by atoms with Gasteiger partial charge >= 0.3 is 0 Å². The third kappa shape index (κ3) is 8.53. The average molecular weight is 313 g/mol. The van der Waals surface area contributed by atoms with Gasteiger partial charge in [-0.2, -0.15) is 0 Å². The molecule has 0 radical (unpaired) electrons. The average Bonchev–Trinajstić information content (AvgIpc) is 2.31. The van der Waals surface area contributed by atoms with Gasteiger partial charge in [-0.1, -0.05) is 18.2 Å². The molecule has 0 bridgehead atoms. The van der Waals surface area contributed by atoms with Crippen molar-refractivity contribution in [3.05, 3.63) is 30.3 Å². The summed E-state index contributed by atoms with van der Waals surface area (Å²) in [5.74, 6) is 0.879. The Morgan fingerprint density at radius 1 is 0.850 bits per heavy atom. The van der Waals surface area contributed by atoms with Gasteiger partial charge in [-0.3, -0.25) is 0 Å². The van der Waals surface area contributed by atoms with E-state index in [1.807, 2.05) is 30.3 Å². The van der Waals surface area contributed by atoms with E-state index >= 15 is 0 Å². The van der Waals surface area contributed by atoms with Gasteiger partial charge in [0.25, 0.3) is 0 Å². The van der Waals surface area contributed by atoms with Gasteiger partial charge in [0.1, 0.15) is 18.5 Å². The largest absolute Gasteiger partial charge is 0.491 e. The minimum absolute atomic E-state index is 0.00796.